The van der Waals surface area contributed by atoms with Crippen molar-refractivity contribution < 1.29 is 14.6 Å². The Labute approximate surface area is 96.1 Å². The van der Waals surface area contributed by atoms with Crippen LogP contribution in [-0.4, -0.2) is 23.3 Å². The first-order chi connectivity index (χ1) is 7.52. The summed E-state index contributed by atoms with van der Waals surface area (Å²) in [5, 5.41) is 9.81. The summed E-state index contributed by atoms with van der Waals surface area (Å²) >= 11 is 0. The number of carbonyl (C=O) groups excluding carboxylic acids is 1. The lowest BCUT2D eigenvalue weighted by Crippen LogP contribution is -2.30. The molecule has 2 atom stereocenters. The molecule has 16 heavy (non-hydrogen) atoms. The Morgan fingerprint density at radius 1 is 1.19 bits per heavy atom. The van der Waals surface area contributed by atoms with Gasteiger partial charge >= 0.3 is 5.97 Å². The summed E-state index contributed by atoms with van der Waals surface area (Å²) in [7, 11) is 0. The summed E-state index contributed by atoms with van der Waals surface area (Å²) in [6.07, 6.45) is -1.31. The standard InChI is InChI=1S/C13H18O3/c1-9(2)16-13(15)12(14)10(3)11-7-5-4-6-8-11/h4-10,12,14H,1-3H3/t10-,12+/m1/s1. The van der Waals surface area contributed by atoms with Gasteiger partial charge in [-0.3, -0.25) is 0 Å². The van der Waals surface area contributed by atoms with E-state index >= 15 is 0 Å². The van der Waals surface area contributed by atoms with Crippen molar-refractivity contribution in [1.29, 1.82) is 0 Å². The van der Waals surface area contributed by atoms with Crippen LogP contribution in [0.1, 0.15) is 32.3 Å². The molecule has 0 saturated heterocycles. The summed E-state index contributed by atoms with van der Waals surface area (Å²) in [6.45, 7) is 5.33. The Kier molecular flexibility index (Phi) is 4.50. The Bertz CT molecular complexity index is 332. The zero-order valence-electron chi connectivity index (χ0n) is 9.88. The van der Waals surface area contributed by atoms with Gasteiger partial charge in [0.15, 0.2) is 6.10 Å². The van der Waals surface area contributed by atoms with Crippen molar-refractivity contribution >= 4 is 5.97 Å². The van der Waals surface area contributed by atoms with E-state index in [0.29, 0.717) is 0 Å². The van der Waals surface area contributed by atoms with E-state index in [1.807, 2.05) is 37.3 Å². The van der Waals surface area contributed by atoms with Crippen LogP contribution in [0.3, 0.4) is 0 Å². The number of aliphatic hydroxyl groups is 1. The highest BCUT2D eigenvalue weighted by atomic mass is 16.6. The molecule has 3 heteroatoms. The lowest BCUT2D eigenvalue weighted by Gasteiger charge is -2.19. The largest absolute Gasteiger partial charge is 0.461 e. The Morgan fingerprint density at radius 2 is 1.75 bits per heavy atom. The van der Waals surface area contributed by atoms with Crippen LogP contribution in [0, 0.1) is 0 Å². The van der Waals surface area contributed by atoms with E-state index in [0.717, 1.165) is 5.56 Å². The molecule has 88 valence electrons. The molecule has 0 unspecified atom stereocenters. The van der Waals surface area contributed by atoms with Crippen molar-refractivity contribution in [2.45, 2.75) is 38.9 Å². The van der Waals surface area contributed by atoms with Crippen molar-refractivity contribution in [2.24, 2.45) is 0 Å². The van der Waals surface area contributed by atoms with Gasteiger partial charge in [0.1, 0.15) is 0 Å². The molecule has 0 aromatic heterocycles. The fraction of sp³-hybridized carbons (Fsp3) is 0.462. The molecule has 0 amide bonds. The van der Waals surface area contributed by atoms with Crippen LogP contribution in [0.5, 0.6) is 0 Å². The van der Waals surface area contributed by atoms with Crippen molar-refractivity contribution in [2.75, 3.05) is 0 Å². The number of carbonyl (C=O) groups is 1. The molecule has 1 N–H and O–H groups in total. The fourth-order valence-corrected chi connectivity index (χ4v) is 1.45. The lowest BCUT2D eigenvalue weighted by molar-refractivity contribution is -0.158. The molecule has 0 aliphatic heterocycles. The molecule has 0 aliphatic rings. The van der Waals surface area contributed by atoms with E-state index in [-0.39, 0.29) is 12.0 Å². The smallest absolute Gasteiger partial charge is 0.335 e. The minimum absolute atomic E-state index is 0.204. The predicted octanol–water partition coefficient (Wildman–Crippen LogP) is 2.10. The first-order valence-corrected chi connectivity index (χ1v) is 5.46. The molecule has 0 fully saturated rings. The fourth-order valence-electron chi connectivity index (χ4n) is 1.45. The number of hydrogen-bond acceptors (Lipinski definition) is 3. The molecule has 0 bridgehead atoms. The summed E-state index contributed by atoms with van der Waals surface area (Å²) in [5.74, 6) is -0.821. The van der Waals surface area contributed by atoms with Gasteiger partial charge in [0.2, 0.25) is 0 Å². The highest BCUT2D eigenvalue weighted by Gasteiger charge is 2.25. The van der Waals surface area contributed by atoms with Gasteiger partial charge in [0.05, 0.1) is 6.10 Å². The van der Waals surface area contributed by atoms with Gasteiger partial charge < -0.3 is 9.84 Å². The highest BCUT2D eigenvalue weighted by molar-refractivity contribution is 5.75. The number of rotatable bonds is 4. The third-order valence-corrected chi connectivity index (χ3v) is 2.39. The molecule has 0 spiro atoms. The van der Waals surface area contributed by atoms with Gasteiger partial charge in [-0.25, -0.2) is 4.79 Å². The molecule has 1 aromatic carbocycles. The molecular weight excluding hydrogens is 204 g/mol. The first-order valence-electron chi connectivity index (χ1n) is 5.46. The molecule has 0 aliphatic carbocycles. The van der Waals surface area contributed by atoms with E-state index in [1.165, 1.54) is 0 Å². The summed E-state index contributed by atoms with van der Waals surface area (Å²) in [6, 6.07) is 9.43. The second kappa shape index (κ2) is 5.66. The molecule has 1 aromatic rings. The topological polar surface area (TPSA) is 46.5 Å². The normalized spacial score (nSPS) is 14.6. The van der Waals surface area contributed by atoms with Crippen LogP contribution in [0.4, 0.5) is 0 Å². The van der Waals surface area contributed by atoms with Gasteiger partial charge in [-0.05, 0) is 19.4 Å². The van der Waals surface area contributed by atoms with E-state index in [9.17, 15) is 9.90 Å². The number of hydrogen-bond donors (Lipinski definition) is 1. The van der Waals surface area contributed by atoms with Crippen LogP contribution in [0.25, 0.3) is 0 Å². The zero-order valence-corrected chi connectivity index (χ0v) is 9.88. The minimum atomic E-state index is -1.11. The second-order valence-electron chi connectivity index (χ2n) is 4.13. The summed E-state index contributed by atoms with van der Waals surface area (Å²) < 4.78 is 4.97. The monoisotopic (exact) mass is 222 g/mol. The number of aliphatic hydroxyl groups excluding tert-OH is 1. The van der Waals surface area contributed by atoms with Crippen LogP contribution in [0.15, 0.2) is 30.3 Å². The van der Waals surface area contributed by atoms with Gasteiger partial charge in [-0.15, -0.1) is 0 Å². The van der Waals surface area contributed by atoms with Gasteiger partial charge in [0.25, 0.3) is 0 Å². The maximum atomic E-state index is 11.5. The maximum absolute atomic E-state index is 11.5. The van der Waals surface area contributed by atoms with E-state index in [4.69, 9.17) is 4.74 Å². The molecule has 0 heterocycles. The molecule has 1 rings (SSSR count). The SMILES string of the molecule is CC(C)OC(=O)[C@@H](O)[C@H](C)c1ccccc1. The third kappa shape index (κ3) is 3.35. The van der Waals surface area contributed by atoms with E-state index in [1.54, 1.807) is 13.8 Å². The van der Waals surface area contributed by atoms with Crippen molar-refractivity contribution in [3.05, 3.63) is 35.9 Å². The average Bonchev–Trinajstić information content (AvgIpc) is 2.27. The van der Waals surface area contributed by atoms with Crippen LogP contribution in [-0.2, 0) is 9.53 Å². The lowest BCUT2D eigenvalue weighted by atomic mass is 9.95. The van der Waals surface area contributed by atoms with E-state index in [2.05, 4.69) is 0 Å². The minimum Gasteiger partial charge on any atom is -0.461 e. The van der Waals surface area contributed by atoms with Crippen LogP contribution in [0.2, 0.25) is 0 Å². The van der Waals surface area contributed by atoms with Crippen LogP contribution >= 0.6 is 0 Å². The Balaban J connectivity index is 2.67. The first kappa shape index (κ1) is 12.7. The average molecular weight is 222 g/mol. The zero-order chi connectivity index (χ0) is 12.1. The summed E-state index contributed by atoms with van der Waals surface area (Å²) in [5.41, 5.74) is 0.927. The molecule has 3 nitrogen and oxygen atoms in total. The maximum Gasteiger partial charge on any atom is 0.335 e. The molecule has 0 radical (unpaired) electrons. The number of esters is 1. The summed E-state index contributed by atoms with van der Waals surface area (Å²) in [4.78, 5) is 11.5. The quantitative estimate of drug-likeness (QED) is 0.793. The van der Waals surface area contributed by atoms with Gasteiger partial charge in [0, 0.05) is 5.92 Å². The van der Waals surface area contributed by atoms with E-state index < -0.39 is 12.1 Å². The third-order valence-electron chi connectivity index (χ3n) is 2.39. The molecule has 0 saturated carbocycles. The van der Waals surface area contributed by atoms with Crippen molar-refractivity contribution in [3.8, 4) is 0 Å². The highest BCUT2D eigenvalue weighted by Crippen LogP contribution is 2.19. The van der Waals surface area contributed by atoms with Crippen LogP contribution < -0.4 is 0 Å². The van der Waals surface area contributed by atoms with Gasteiger partial charge in [-0.2, -0.15) is 0 Å². The van der Waals surface area contributed by atoms with Crippen molar-refractivity contribution in [3.63, 3.8) is 0 Å². The number of benzene rings is 1. The Hall–Kier alpha value is -1.35. The predicted molar refractivity (Wildman–Crippen MR) is 62.1 cm³/mol. The second-order valence-corrected chi connectivity index (χ2v) is 4.13. The van der Waals surface area contributed by atoms with Gasteiger partial charge in [-0.1, -0.05) is 37.3 Å². The number of ether oxygens (including phenoxy) is 1. The molecular formula is C13H18O3. The van der Waals surface area contributed by atoms with Crippen molar-refractivity contribution in [1.82, 2.24) is 0 Å². The Morgan fingerprint density at radius 3 is 2.25 bits per heavy atom.